The molecule has 0 fully saturated rings. The molecule has 0 atom stereocenters. The Morgan fingerprint density at radius 2 is 1.84 bits per heavy atom. The fourth-order valence-corrected chi connectivity index (χ4v) is 4.25. The van der Waals surface area contributed by atoms with Crippen molar-refractivity contribution in [2.45, 2.75) is 20.8 Å². The molecule has 32 heavy (non-hydrogen) atoms. The standard InChI is InChI=1S/C24H21N3O4S/c1-4-31-24(30)20-18-13-32-22(25-21(28)16-7-5-6-15(3)12-16)19(18)23(29)27(26-20)17-10-8-14(2)9-11-17/h5-13H,4H2,1-3H3,(H,25,28). The van der Waals surface area contributed by atoms with Crippen molar-refractivity contribution in [3.05, 3.63) is 86.6 Å². The van der Waals surface area contributed by atoms with Gasteiger partial charge in [-0.15, -0.1) is 11.3 Å². The van der Waals surface area contributed by atoms with Gasteiger partial charge in [-0.3, -0.25) is 9.59 Å². The first kappa shape index (κ1) is 21.5. The van der Waals surface area contributed by atoms with Gasteiger partial charge >= 0.3 is 5.97 Å². The average molecular weight is 448 g/mol. The molecule has 0 aliphatic carbocycles. The molecule has 8 heteroatoms. The number of amides is 1. The molecule has 2 heterocycles. The lowest BCUT2D eigenvalue weighted by Gasteiger charge is -2.10. The van der Waals surface area contributed by atoms with Crippen molar-refractivity contribution in [1.29, 1.82) is 0 Å². The lowest BCUT2D eigenvalue weighted by atomic mass is 10.1. The monoisotopic (exact) mass is 447 g/mol. The molecular formula is C24H21N3O4S. The van der Waals surface area contributed by atoms with E-state index in [0.29, 0.717) is 21.6 Å². The van der Waals surface area contributed by atoms with E-state index in [1.54, 1.807) is 42.6 Å². The van der Waals surface area contributed by atoms with Crippen molar-refractivity contribution in [2.24, 2.45) is 0 Å². The van der Waals surface area contributed by atoms with E-state index in [0.717, 1.165) is 11.1 Å². The minimum absolute atomic E-state index is 0.0225. The minimum Gasteiger partial charge on any atom is -0.461 e. The van der Waals surface area contributed by atoms with E-state index in [-0.39, 0.29) is 23.6 Å². The number of thiophene rings is 1. The van der Waals surface area contributed by atoms with Crippen molar-refractivity contribution < 1.29 is 14.3 Å². The number of carbonyl (C=O) groups is 2. The molecule has 0 spiro atoms. The van der Waals surface area contributed by atoms with Crippen LogP contribution in [0, 0.1) is 13.8 Å². The number of fused-ring (bicyclic) bond motifs is 1. The number of nitrogens with zero attached hydrogens (tertiary/aromatic N) is 2. The zero-order valence-corrected chi connectivity index (χ0v) is 18.7. The van der Waals surface area contributed by atoms with Crippen LogP contribution in [0.3, 0.4) is 0 Å². The van der Waals surface area contributed by atoms with E-state index in [9.17, 15) is 14.4 Å². The van der Waals surface area contributed by atoms with E-state index >= 15 is 0 Å². The summed E-state index contributed by atoms with van der Waals surface area (Å²) in [6.07, 6.45) is 0. The Morgan fingerprint density at radius 3 is 2.53 bits per heavy atom. The van der Waals surface area contributed by atoms with Gasteiger partial charge in [0.05, 0.1) is 17.7 Å². The number of aromatic nitrogens is 2. The van der Waals surface area contributed by atoms with Crippen LogP contribution in [0.5, 0.6) is 0 Å². The maximum absolute atomic E-state index is 13.4. The number of hydrogen-bond acceptors (Lipinski definition) is 6. The third-order valence-electron chi connectivity index (χ3n) is 4.91. The quantitative estimate of drug-likeness (QED) is 0.455. The summed E-state index contributed by atoms with van der Waals surface area (Å²) in [6.45, 7) is 5.71. The van der Waals surface area contributed by atoms with Crippen molar-refractivity contribution in [3.8, 4) is 5.69 Å². The van der Waals surface area contributed by atoms with Crippen molar-refractivity contribution >= 4 is 39.0 Å². The highest BCUT2D eigenvalue weighted by Crippen LogP contribution is 2.31. The maximum atomic E-state index is 13.4. The number of hydrogen-bond donors (Lipinski definition) is 1. The van der Waals surface area contributed by atoms with Gasteiger partial charge in [-0.25, -0.2) is 4.79 Å². The van der Waals surface area contributed by atoms with Gasteiger partial charge in [-0.1, -0.05) is 35.4 Å². The second-order valence-corrected chi connectivity index (χ2v) is 8.18. The summed E-state index contributed by atoms with van der Waals surface area (Å²) in [5.41, 5.74) is 2.55. The highest BCUT2D eigenvalue weighted by atomic mass is 32.1. The number of anilines is 1. The van der Waals surface area contributed by atoms with Crippen LogP contribution >= 0.6 is 11.3 Å². The van der Waals surface area contributed by atoms with Crippen LogP contribution in [0.15, 0.2) is 58.7 Å². The Labute approximate surface area is 188 Å². The smallest absolute Gasteiger partial charge is 0.359 e. The van der Waals surface area contributed by atoms with E-state index in [1.807, 2.05) is 32.0 Å². The number of benzene rings is 2. The molecule has 4 rings (SSSR count). The van der Waals surface area contributed by atoms with Crippen LogP contribution < -0.4 is 10.9 Å². The molecule has 0 saturated carbocycles. The summed E-state index contributed by atoms with van der Waals surface area (Å²) in [7, 11) is 0. The van der Waals surface area contributed by atoms with Crippen LogP contribution in [-0.2, 0) is 4.74 Å². The van der Waals surface area contributed by atoms with Crippen molar-refractivity contribution in [1.82, 2.24) is 9.78 Å². The van der Waals surface area contributed by atoms with Crippen LogP contribution in [0.1, 0.15) is 38.9 Å². The number of aryl methyl sites for hydroxylation is 2. The number of esters is 1. The molecule has 0 radical (unpaired) electrons. The predicted molar refractivity (Wildman–Crippen MR) is 125 cm³/mol. The third-order valence-corrected chi connectivity index (χ3v) is 5.80. The molecule has 1 amide bonds. The summed E-state index contributed by atoms with van der Waals surface area (Å²) in [6, 6.07) is 14.4. The molecule has 0 unspecified atom stereocenters. The van der Waals surface area contributed by atoms with E-state index in [4.69, 9.17) is 4.74 Å². The number of carbonyl (C=O) groups excluding carboxylic acids is 2. The predicted octanol–water partition coefficient (Wildman–Crippen LogP) is 4.49. The van der Waals surface area contributed by atoms with E-state index < -0.39 is 11.5 Å². The van der Waals surface area contributed by atoms with Crippen LogP contribution in [0.4, 0.5) is 5.00 Å². The normalized spacial score (nSPS) is 10.8. The largest absolute Gasteiger partial charge is 0.461 e. The minimum atomic E-state index is -0.632. The van der Waals surface area contributed by atoms with Gasteiger partial charge in [0.15, 0.2) is 5.69 Å². The average Bonchev–Trinajstić information content (AvgIpc) is 3.19. The molecule has 162 valence electrons. The summed E-state index contributed by atoms with van der Waals surface area (Å²) < 4.78 is 6.33. The van der Waals surface area contributed by atoms with Gasteiger partial charge in [0.1, 0.15) is 5.00 Å². The highest BCUT2D eigenvalue weighted by molar-refractivity contribution is 7.16. The fourth-order valence-electron chi connectivity index (χ4n) is 3.31. The lowest BCUT2D eigenvalue weighted by molar-refractivity contribution is 0.0520. The topological polar surface area (TPSA) is 90.3 Å². The first-order valence-corrected chi connectivity index (χ1v) is 10.9. The number of rotatable bonds is 5. The first-order valence-electron chi connectivity index (χ1n) is 10.1. The Hall–Kier alpha value is -3.78. The first-order chi connectivity index (χ1) is 15.4. The van der Waals surface area contributed by atoms with Gasteiger partial charge in [0.25, 0.3) is 11.5 Å². The molecule has 1 N–H and O–H groups in total. The fraction of sp³-hybridized carbons (Fsp3) is 0.167. The number of ether oxygens (including phenoxy) is 1. The van der Waals surface area contributed by atoms with Gasteiger partial charge < -0.3 is 10.1 Å². The molecule has 0 aliphatic heterocycles. The van der Waals surface area contributed by atoms with Crippen molar-refractivity contribution in [3.63, 3.8) is 0 Å². The van der Waals surface area contributed by atoms with Gasteiger partial charge in [0, 0.05) is 16.3 Å². The Balaban J connectivity index is 1.88. The van der Waals surface area contributed by atoms with E-state index in [1.165, 1.54) is 16.0 Å². The Kier molecular flexibility index (Phi) is 5.87. The van der Waals surface area contributed by atoms with Crippen LogP contribution in [0.25, 0.3) is 16.5 Å². The molecule has 2 aromatic carbocycles. The van der Waals surface area contributed by atoms with Gasteiger partial charge in [-0.05, 0) is 45.0 Å². The van der Waals surface area contributed by atoms with Crippen molar-refractivity contribution in [2.75, 3.05) is 11.9 Å². The summed E-state index contributed by atoms with van der Waals surface area (Å²) in [5, 5.41) is 9.68. The zero-order valence-electron chi connectivity index (χ0n) is 17.8. The summed E-state index contributed by atoms with van der Waals surface area (Å²) >= 11 is 1.17. The molecule has 2 aromatic heterocycles. The highest BCUT2D eigenvalue weighted by Gasteiger charge is 2.23. The molecule has 7 nitrogen and oxygen atoms in total. The maximum Gasteiger partial charge on any atom is 0.359 e. The summed E-state index contributed by atoms with van der Waals surface area (Å²) in [5.74, 6) is -0.971. The Morgan fingerprint density at radius 1 is 1.09 bits per heavy atom. The van der Waals surface area contributed by atoms with E-state index in [2.05, 4.69) is 10.4 Å². The zero-order chi connectivity index (χ0) is 22.8. The SMILES string of the molecule is CCOC(=O)c1nn(-c2ccc(C)cc2)c(=O)c2c(NC(=O)c3cccc(C)c3)scc12. The number of nitrogens with one attached hydrogen (secondary N) is 1. The lowest BCUT2D eigenvalue weighted by Crippen LogP contribution is -2.25. The van der Waals surface area contributed by atoms with Gasteiger partial charge in [0.2, 0.25) is 0 Å². The molecule has 0 aliphatic rings. The third kappa shape index (κ3) is 4.04. The van der Waals surface area contributed by atoms with Gasteiger partial charge in [-0.2, -0.15) is 9.78 Å². The molecule has 0 saturated heterocycles. The summed E-state index contributed by atoms with van der Waals surface area (Å²) in [4.78, 5) is 38.8. The second kappa shape index (κ2) is 8.76. The Bertz CT molecular complexity index is 1390. The molecular weight excluding hydrogens is 426 g/mol. The second-order valence-electron chi connectivity index (χ2n) is 7.30. The van der Waals surface area contributed by atoms with Crippen LogP contribution in [0.2, 0.25) is 0 Å². The molecule has 4 aromatic rings. The molecule has 0 bridgehead atoms. The van der Waals surface area contributed by atoms with Crippen LogP contribution in [-0.4, -0.2) is 28.3 Å².